The molecule has 61 valence electrons. The number of hydrogen-bond donors (Lipinski definition) is 2. The quantitative estimate of drug-likeness (QED) is 0.546. The van der Waals surface area contributed by atoms with E-state index < -0.39 is 0 Å². The number of hydrogen-bond acceptors (Lipinski definition) is 2. The summed E-state index contributed by atoms with van der Waals surface area (Å²) >= 11 is 0. The summed E-state index contributed by atoms with van der Waals surface area (Å²) in [5.74, 6) is 0. The van der Waals surface area contributed by atoms with E-state index in [1.807, 2.05) is 0 Å². The van der Waals surface area contributed by atoms with E-state index >= 15 is 0 Å². The van der Waals surface area contributed by atoms with Crippen LogP contribution >= 0.6 is 0 Å². The lowest BCUT2D eigenvalue weighted by atomic mass is 10.1. The van der Waals surface area contributed by atoms with Crippen LogP contribution < -0.4 is 11.5 Å². The Morgan fingerprint density at radius 1 is 1.20 bits per heavy atom. The van der Waals surface area contributed by atoms with Gasteiger partial charge in [0.05, 0.1) is 0 Å². The van der Waals surface area contributed by atoms with Gasteiger partial charge in [-0.2, -0.15) is 0 Å². The molecule has 0 fully saturated rings. The fraction of sp³-hybridized carbons (Fsp3) is 0.875. The Hall–Kier alpha value is -0.0800. The third-order valence-corrected chi connectivity index (χ3v) is 1.60. The normalized spacial score (nSPS) is 13.5. The molecule has 0 saturated carbocycles. The summed E-state index contributed by atoms with van der Waals surface area (Å²) in [5, 5.41) is 0. The summed E-state index contributed by atoms with van der Waals surface area (Å²) in [6.45, 7) is 4.54. The van der Waals surface area contributed by atoms with Crippen LogP contribution in [0.4, 0.5) is 0 Å². The van der Waals surface area contributed by atoms with Crippen LogP contribution in [0, 0.1) is 6.92 Å². The van der Waals surface area contributed by atoms with Crippen molar-refractivity contribution in [2.75, 3.05) is 6.54 Å². The maximum atomic E-state index is 5.74. The topological polar surface area (TPSA) is 52.0 Å². The first kappa shape index (κ1) is 9.92. The monoisotopic (exact) mass is 143 g/mol. The second kappa shape index (κ2) is 7.03. The Bertz CT molecular complexity index is 64.3. The Morgan fingerprint density at radius 2 is 1.90 bits per heavy atom. The fourth-order valence-corrected chi connectivity index (χ4v) is 0.957. The van der Waals surface area contributed by atoms with Crippen LogP contribution in [0.25, 0.3) is 0 Å². The molecule has 1 unspecified atom stereocenters. The zero-order valence-corrected chi connectivity index (χ0v) is 6.68. The lowest BCUT2D eigenvalue weighted by Crippen LogP contribution is -2.19. The molecule has 4 N–H and O–H groups in total. The van der Waals surface area contributed by atoms with Crippen molar-refractivity contribution in [2.24, 2.45) is 11.5 Å². The lowest BCUT2D eigenvalue weighted by molar-refractivity contribution is 0.538. The zero-order chi connectivity index (χ0) is 7.82. The van der Waals surface area contributed by atoms with Crippen LogP contribution in [-0.4, -0.2) is 12.6 Å². The largest absolute Gasteiger partial charge is 0.330 e. The second-order valence-electron chi connectivity index (χ2n) is 2.69. The van der Waals surface area contributed by atoms with Gasteiger partial charge in [-0.05, 0) is 25.8 Å². The van der Waals surface area contributed by atoms with Crippen LogP contribution in [-0.2, 0) is 0 Å². The highest BCUT2D eigenvalue weighted by atomic mass is 14.6. The van der Waals surface area contributed by atoms with Crippen molar-refractivity contribution in [1.82, 2.24) is 0 Å². The predicted octanol–water partition coefficient (Wildman–Crippen LogP) is 1.06. The molecule has 0 saturated heterocycles. The predicted molar refractivity (Wildman–Crippen MR) is 45.5 cm³/mol. The van der Waals surface area contributed by atoms with Crippen molar-refractivity contribution in [1.29, 1.82) is 0 Å². The maximum Gasteiger partial charge on any atom is 0.00388 e. The first-order valence-corrected chi connectivity index (χ1v) is 4.06. The minimum absolute atomic E-state index is 0.351. The molecule has 0 aromatic heterocycles. The van der Waals surface area contributed by atoms with Crippen molar-refractivity contribution >= 4 is 0 Å². The molecule has 0 spiro atoms. The van der Waals surface area contributed by atoms with E-state index in [1.165, 1.54) is 0 Å². The number of rotatable bonds is 6. The smallest absolute Gasteiger partial charge is 0.00388 e. The van der Waals surface area contributed by atoms with E-state index in [4.69, 9.17) is 11.5 Å². The first-order chi connectivity index (χ1) is 4.81. The summed E-state index contributed by atoms with van der Waals surface area (Å²) in [6.07, 6.45) is 5.36. The van der Waals surface area contributed by atoms with Gasteiger partial charge in [0.25, 0.3) is 0 Å². The summed E-state index contributed by atoms with van der Waals surface area (Å²) < 4.78 is 0. The highest BCUT2D eigenvalue weighted by molar-refractivity contribution is 4.61. The van der Waals surface area contributed by atoms with Crippen LogP contribution in [0.5, 0.6) is 0 Å². The van der Waals surface area contributed by atoms with Crippen molar-refractivity contribution in [3.63, 3.8) is 0 Å². The molecule has 10 heavy (non-hydrogen) atoms. The van der Waals surface area contributed by atoms with Gasteiger partial charge in [-0.15, -0.1) is 0 Å². The van der Waals surface area contributed by atoms with Gasteiger partial charge in [-0.1, -0.05) is 19.8 Å². The van der Waals surface area contributed by atoms with Crippen LogP contribution in [0.2, 0.25) is 0 Å². The van der Waals surface area contributed by atoms with Gasteiger partial charge in [0.2, 0.25) is 0 Å². The Labute approximate surface area is 64.0 Å². The molecule has 0 heterocycles. The van der Waals surface area contributed by atoms with Gasteiger partial charge >= 0.3 is 0 Å². The molecule has 0 amide bonds. The van der Waals surface area contributed by atoms with E-state index in [0.717, 1.165) is 38.6 Å². The van der Waals surface area contributed by atoms with E-state index in [2.05, 4.69) is 6.92 Å². The minimum atomic E-state index is 0.351. The van der Waals surface area contributed by atoms with Crippen molar-refractivity contribution in [3.05, 3.63) is 6.92 Å². The summed E-state index contributed by atoms with van der Waals surface area (Å²) in [6, 6.07) is 0.351. The van der Waals surface area contributed by atoms with Crippen molar-refractivity contribution in [2.45, 2.75) is 38.1 Å². The molecule has 0 aliphatic heterocycles. The molecule has 0 rings (SSSR count). The average Bonchev–Trinajstić information content (AvgIpc) is 1.89. The Kier molecular flexibility index (Phi) is 6.98. The molecule has 0 bridgehead atoms. The minimum Gasteiger partial charge on any atom is -0.330 e. The van der Waals surface area contributed by atoms with Crippen molar-refractivity contribution in [3.8, 4) is 0 Å². The molecule has 1 radical (unpaired) electrons. The first-order valence-electron chi connectivity index (χ1n) is 4.06. The third-order valence-electron chi connectivity index (χ3n) is 1.60. The maximum absolute atomic E-state index is 5.74. The molecular formula is C8H19N2. The molecule has 0 aromatic carbocycles. The van der Waals surface area contributed by atoms with E-state index in [-0.39, 0.29) is 0 Å². The number of nitrogens with two attached hydrogens (primary N) is 2. The summed E-state index contributed by atoms with van der Waals surface area (Å²) in [5.41, 5.74) is 11.1. The van der Waals surface area contributed by atoms with E-state index in [0.29, 0.717) is 6.04 Å². The molecular weight excluding hydrogens is 124 g/mol. The van der Waals surface area contributed by atoms with Crippen LogP contribution in [0.15, 0.2) is 0 Å². The summed E-state index contributed by atoms with van der Waals surface area (Å²) in [4.78, 5) is 0. The molecule has 0 aliphatic rings. The lowest BCUT2D eigenvalue weighted by Gasteiger charge is -2.08. The van der Waals surface area contributed by atoms with Gasteiger partial charge in [-0.3, -0.25) is 0 Å². The standard InChI is InChI=1S/C8H19N2/c1-2-5-8(10)6-3-4-7-9/h8H,1-7,9-10H2. The average molecular weight is 143 g/mol. The van der Waals surface area contributed by atoms with Crippen LogP contribution in [0.1, 0.15) is 32.1 Å². The van der Waals surface area contributed by atoms with Crippen molar-refractivity contribution < 1.29 is 0 Å². The Balaban J connectivity index is 2.97. The molecule has 2 heteroatoms. The highest BCUT2D eigenvalue weighted by Crippen LogP contribution is 2.02. The third kappa shape index (κ3) is 6.05. The second-order valence-corrected chi connectivity index (χ2v) is 2.69. The van der Waals surface area contributed by atoms with E-state index in [9.17, 15) is 0 Å². The zero-order valence-electron chi connectivity index (χ0n) is 6.68. The SMILES string of the molecule is [CH2]CCC(N)CCCCN. The summed E-state index contributed by atoms with van der Waals surface area (Å²) in [7, 11) is 0. The number of unbranched alkanes of at least 4 members (excludes halogenated alkanes) is 1. The van der Waals surface area contributed by atoms with Gasteiger partial charge in [-0.25, -0.2) is 0 Å². The van der Waals surface area contributed by atoms with Crippen LogP contribution in [0.3, 0.4) is 0 Å². The van der Waals surface area contributed by atoms with Gasteiger partial charge < -0.3 is 11.5 Å². The van der Waals surface area contributed by atoms with E-state index in [1.54, 1.807) is 0 Å². The fourth-order valence-electron chi connectivity index (χ4n) is 0.957. The van der Waals surface area contributed by atoms with Gasteiger partial charge in [0.15, 0.2) is 0 Å². The molecule has 0 aliphatic carbocycles. The molecule has 2 nitrogen and oxygen atoms in total. The molecule has 1 atom stereocenters. The van der Waals surface area contributed by atoms with Gasteiger partial charge in [0, 0.05) is 6.04 Å². The highest BCUT2D eigenvalue weighted by Gasteiger charge is 1.98. The molecule has 0 aromatic rings. The van der Waals surface area contributed by atoms with Gasteiger partial charge in [0.1, 0.15) is 0 Å². The Morgan fingerprint density at radius 3 is 2.40 bits per heavy atom.